The SMILES string of the molecule is CCN(Cc1cccc(C)n1)C(=O)c1ccc(Br)s1. The van der Waals surface area contributed by atoms with Crippen molar-refractivity contribution in [3.63, 3.8) is 0 Å². The normalized spacial score (nSPS) is 10.5. The largest absolute Gasteiger partial charge is 0.332 e. The summed E-state index contributed by atoms with van der Waals surface area (Å²) in [6, 6.07) is 9.63. The van der Waals surface area contributed by atoms with Gasteiger partial charge in [-0.3, -0.25) is 9.78 Å². The first-order chi connectivity index (χ1) is 9.10. The van der Waals surface area contributed by atoms with Crippen molar-refractivity contribution in [3.05, 3.63) is 50.4 Å². The van der Waals surface area contributed by atoms with Crippen LogP contribution >= 0.6 is 27.3 Å². The number of aromatic nitrogens is 1. The van der Waals surface area contributed by atoms with E-state index >= 15 is 0 Å². The van der Waals surface area contributed by atoms with Crippen LogP contribution in [0.4, 0.5) is 0 Å². The zero-order chi connectivity index (χ0) is 13.8. The van der Waals surface area contributed by atoms with Crippen LogP contribution in [0.1, 0.15) is 28.0 Å². The minimum absolute atomic E-state index is 0.0570. The van der Waals surface area contributed by atoms with Crippen LogP contribution in [0.15, 0.2) is 34.1 Å². The molecule has 0 aliphatic heterocycles. The number of pyridine rings is 1. The number of aryl methyl sites for hydroxylation is 1. The molecule has 0 radical (unpaired) electrons. The minimum Gasteiger partial charge on any atom is -0.332 e. The van der Waals surface area contributed by atoms with Gasteiger partial charge < -0.3 is 4.90 Å². The van der Waals surface area contributed by atoms with Gasteiger partial charge in [0.15, 0.2) is 0 Å². The van der Waals surface area contributed by atoms with Gasteiger partial charge in [0.05, 0.1) is 20.9 Å². The molecule has 100 valence electrons. The molecule has 2 aromatic rings. The Kier molecular flexibility index (Phi) is 4.71. The third-order valence-corrected chi connectivity index (χ3v) is 4.36. The van der Waals surface area contributed by atoms with E-state index in [1.165, 1.54) is 11.3 Å². The molecule has 0 aromatic carbocycles. The molecule has 0 unspecified atom stereocenters. The number of carbonyl (C=O) groups excluding carboxylic acids is 1. The van der Waals surface area contributed by atoms with Crippen molar-refractivity contribution in [2.24, 2.45) is 0 Å². The van der Waals surface area contributed by atoms with Crippen LogP contribution in [0, 0.1) is 6.92 Å². The van der Waals surface area contributed by atoms with Crippen molar-refractivity contribution in [3.8, 4) is 0 Å². The van der Waals surface area contributed by atoms with Gasteiger partial charge in [0, 0.05) is 12.2 Å². The molecule has 2 heterocycles. The highest BCUT2D eigenvalue weighted by atomic mass is 79.9. The molecule has 3 nitrogen and oxygen atoms in total. The maximum absolute atomic E-state index is 12.4. The fourth-order valence-corrected chi connectivity index (χ4v) is 3.15. The summed E-state index contributed by atoms with van der Waals surface area (Å²) in [7, 11) is 0. The van der Waals surface area contributed by atoms with E-state index in [4.69, 9.17) is 0 Å². The van der Waals surface area contributed by atoms with Crippen molar-refractivity contribution in [2.45, 2.75) is 20.4 Å². The third-order valence-electron chi connectivity index (χ3n) is 2.75. The third kappa shape index (κ3) is 3.64. The molecular weight excluding hydrogens is 324 g/mol. The number of carbonyl (C=O) groups is 1. The molecule has 19 heavy (non-hydrogen) atoms. The number of thiophene rings is 1. The molecule has 0 atom stereocenters. The van der Waals surface area contributed by atoms with E-state index in [1.807, 2.05) is 44.2 Å². The Morgan fingerprint density at radius 1 is 1.37 bits per heavy atom. The summed E-state index contributed by atoms with van der Waals surface area (Å²) >= 11 is 4.84. The zero-order valence-corrected chi connectivity index (χ0v) is 13.3. The lowest BCUT2D eigenvalue weighted by Crippen LogP contribution is -2.30. The van der Waals surface area contributed by atoms with Gasteiger partial charge in [-0.25, -0.2) is 0 Å². The van der Waals surface area contributed by atoms with Crippen LogP contribution in [0.3, 0.4) is 0 Å². The van der Waals surface area contributed by atoms with Crippen LogP contribution in [-0.4, -0.2) is 22.3 Å². The van der Waals surface area contributed by atoms with Gasteiger partial charge in [0.2, 0.25) is 0 Å². The number of hydrogen-bond acceptors (Lipinski definition) is 3. The molecule has 5 heteroatoms. The van der Waals surface area contributed by atoms with Gasteiger partial charge in [-0.15, -0.1) is 11.3 Å². The van der Waals surface area contributed by atoms with Gasteiger partial charge >= 0.3 is 0 Å². The zero-order valence-electron chi connectivity index (χ0n) is 10.9. The maximum atomic E-state index is 12.4. The van der Waals surface area contributed by atoms with Crippen molar-refractivity contribution in [2.75, 3.05) is 6.54 Å². The smallest absolute Gasteiger partial charge is 0.264 e. The van der Waals surface area contributed by atoms with Gasteiger partial charge in [-0.05, 0) is 54.0 Å². The molecule has 1 amide bonds. The van der Waals surface area contributed by atoms with Gasteiger partial charge in [-0.1, -0.05) is 6.07 Å². The van der Waals surface area contributed by atoms with Crippen LogP contribution < -0.4 is 0 Å². The fourth-order valence-electron chi connectivity index (χ4n) is 1.80. The maximum Gasteiger partial charge on any atom is 0.264 e. The lowest BCUT2D eigenvalue weighted by atomic mass is 10.3. The summed E-state index contributed by atoms with van der Waals surface area (Å²) in [5, 5.41) is 0. The summed E-state index contributed by atoms with van der Waals surface area (Å²) in [5.74, 6) is 0.0570. The predicted octanol–water partition coefficient (Wildman–Crippen LogP) is 3.88. The van der Waals surface area contributed by atoms with E-state index in [2.05, 4.69) is 20.9 Å². The topological polar surface area (TPSA) is 33.2 Å². The molecule has 0 saturated carbocycles. The van der Waals surface area contributed by atoms with Crippen molar-refractivity contribution < 1.29 is 4.79 Å². The van der Waals surface area contributed by atoms with Crippen molar-refractivity contribution >= 4 is 33.2 Å². The van der Waals surface area contributed by atoms with Gasteiger partial charge in [0.1, 0.15) is 0 Å². The first-order valence-corrected chi connectivity index (χ1v) is 7.68. The van der Waals surface area contributed by atoms with E-state index in [9.17, 15) is 4.79 Å². The Morgan fingerprint density at radius 2 is 2.16 bits per heavy atom. The van der Waals surface area contributed by atoms with Crippen molar-refractivity contribution in [1.29, 1.82) is 0 Å². The molecule has 0 N–H and O–H groups in total. The van der Waals surface area contributed by atoms with E-state index < -0.39 is 0 Å². The molecule has 0 spiro atoms. The highest BCUT2D eigenvalue weighted by Gasteiger charge is 2.16. The van der Waals surface area contributed by atoms with Crippen molar-refractivity contribution in [1.82, 2.24) is 9.88 Å². The molecule has 2 rings (SSSR count). The average Bonchev–Trinajstić information content (AvgIpc) is 2.82. The summed E-state index contributed by atoms with van der Waals surface area (Å²) in [4.78, 5) is 19.4. The monoisotopic (exact) mass is 338 g/mol. The molecule has 0 aliphatic carbocycles. The van der Waals surface area contributed by atoms with Crippen LogP contribution in [0.5, 0.6) is 0 Å². The lowest BCUT2D eigenvalue weighted by molar-refractivity contribution is 0.0755. The number of halogens is 1. The molecule has 0 aliphatic rings. The number of nitrogens with zero attached hydrogens (tertiary/aromatic N) is 2. The van der Waals surface area contributed by atoms with E-state index in [0.29, 0.717) is 13.1 Å². The Balaban J connectivity index is 2.14. The minimum atomic E-state index is 0.0570. The standard InChI is InChI=1S/C14H15BrN2OS/c1-3-17(9-11-6-4-5-10(2)16-11)14(18)12-7-8-13(15)19-12/h4-8H,3,9H2,1-2H3. The lowest BCUT2D eigenvalue weighted by Gasteiger charge is -2.19. The Morgan fingerprint density at radius 3 is 2.74 bits per heavy atom. The Labute approximate surface area is 125 Å². The second-order valence-electron chi connectivity index (χ2n) is 4.19. The first-order valence-electron chi connectivity index (χ1n) is 6.07. The fraction of sp³-hybridized carbons (Fsp3) is 0.286. The second kappa shape index (κ2) is 6.30. The van der Waals surface area contributed by atoms with Crippen LogP contribution in [0.25, 0.3) is 0 Å². The van der Waals surface area contributed by atoms with Crippen LogP contribution in [-0.2, 0) is 6.54 Å². The Hall–Kier alpha value is -1.20. The average molecular weight is 339 g/mol. The van der Waals surface area contributed by atoms with E-state index in [-0.39, 0.29) is 5.91 Å². The molecule has 0 saturated heterocycles. The molecule has 0 fully saturated rings. The molecular formula is C14H15BrN2OS. The molecule has 2 aromatic heterocycles. The predicted molar refractivity (Wildman–Crippen MR) is 81.4 cm³/mol. The highest BCUT2D eigenvalue weighted by molar-refractivity contribution is 9.11. The summed E-state index contributed by atoms with van der Waals surface area (Å²) in [6.07, 6.45) is 0. The van der Waals surface area contributed by atoms with E-state index in [0.717, 1.165) is 20.1 Å². The van der Waals surface area contributed by atoms with Crippen LogP contribution in [0.2, 0.25) is 0 Å². The second-order valence-corrected chi connectivity index (χ2v) is 6.66. The molecule has 0 bridgehead atoms. The highest BCUT2D eigenvalue weighted by Crippen LogP contribution is 2.23. The quantitative estimate of drug-likeness (QED) is 0.847. The van der Waals surface area contributed by atoms with E-state index in [1.54, 1.807) is 4.90 Å². The summed E-state index contributed by atoms with van der Waals surface area (Å²) in [5.41, 5.74) is 1.89. The number of amides is 1. The van der Waals surface area contributed by atoms with Gasteiger partial charge in [-0.2, -0.15) is 0 Å². The summed E-state index contributed by atoms with van der Waals surface area (Å²) < 4.78 is 0.973. The first kappa shape index (κ1) is 14.2. The van der Waals surface area contributed by atoms with Gasteiger partial charge in [0.25, 0.3) is 5.91 Å². The number of hydrogen-bond donors (Lipinski definition) is 0. The summed E-state index contributed by atoms with van der Waals surface area (Å²) in [6.45, 7) is 5.16. The number of rotatable bonds is 4. The Bertz CT molecular complexity index is 582.